The summed E-state index contributed by atoms with van der Waals surface area (Å²) >= 11 is 0. The zero-order valence-corrected chi connectivity index (χ0v) is 12.4. The molecule has 9 heteroatoms. The zero-order chi connectivity index (χ0) is 18.6. The number of furan rings is 1. The number of hydrogen-bond acceptors (Lipinski definition) is 4. The smallest absolute Gasteiger partial charge is 0.416 e. The molecule has 0 unspecified atom stereocenters. The van der Waals surface area contributed by atoms with Crippen LogP contribution in [0, 0.1) is 11.3 Å². The number of benzene rings is 1. The van der Waals surface area contributed by atoms with Crippen LogP contribution in [0.1, 0.15) is 11.3 Å². The first-order chi connectivity index (χ1) is 11.7. The number of imide groups is 1. The topological polar surface area (TPSA) is 109 Å². The fourth-order valence-electron chi connectivity index (χ4n) is 1.90. The SMILES string of the molecule is N#C/C(=C/c1ccc(-c2cccc(C(F)(F)F)c2)o1)C(=O)NC(N)=O. The molecule has 1 heterocycles. The molecule has 128 valence electrons. The van der Waals surface area contributed by atoms with Gasteiger partial charge in [0, 0.05) is 11.6 Å². The van der Waals surface area contributed by atoms with Gasteiger partial charge in [-0.15, -0.1) is 0 Å². The van der Waals surface area contributed by atoms with Crippen LogP contribution in [0.3, 0.4) is 0 Å². The molecule has 0 bridgehead atoms. The van der Waals surface area contributed by atoms with Crippen LogP contribution in [0.25, 0.3) is 17.4 Å². The Hall–Kier alpha value is -3.54. The van der Waals surface area contributed by atoms with Crippen molar-refractivity contribution in [3.05, 3.63) is 53.3 Å². The van der Waals surface area contributed by atoms with Gasteiger partial charge in [-0.2, -0.15) is 18.4 Å². The molecular weight excluding hydrogens is 339 g/mol. The molecule has 0 aliphatic carbocycles. The lowest BCUT2D eigenvalue weighted by atomic mass is 10.1. The summed E-state index contributed by atoms with van der Waals surface area (Å²) in [5, 5.41) is 10.6. The Morgan fingerprint density at radius 1 is 1.24 bits per heavy atom. The summed E-state index contributed by atoms with van der Waals surface area (Å²) in [6.07, 6.45) is -3.46. The van der Waals surface area contributed by atoms with Gasteiger partial charge in [-0.1, -0.05) is 12.1 Å². The second-order valence-corrected chi connectivity index (χ2v) is 4.77. The van der Waals surface area contributed by atoms with Crippen LogP contribution in [0.2, 0.25) is 0 Å². The van der Waals surface area contributed by atoms with Crippen LogP contribution in [0.15, 0.2) is 46.4 Å². The molecule has 25 heavy (non-hydrogen) atoms. The van der Waals surface area contributed by atoms with Crippen LogP contribution >= 0.6 is 0 Å². The monoisotopic (exact) mass is 349 g/mol. The highest BCUT2D eigenvalue weighted by atomic mass is 19.4. The van der Waals surface area contributed by atoms with Crippen LogP contribution in [-0.4, -0.2) is 11.9 Å². The zero-order valence-electron chi connectivity index (χ0n) is 12.4. The van der Waals surface area contributed by atoms with Crippen LogP contribution in [0.4, 0.5) is 18.0 Å². The first-order valence-corrected chi connectivity index (χ1v) is 6.71. The van der Waals surface area contributed by atoms with Gasteiger partial charge < -0.3 is 10.2 Å². The molecule has 2 rings (SSSR count). The molecule has 3 amide bonds. The maximum atomic E-state index is 12.7. The van der Waals surface area contributed by atoms with Crippen molar-refractivity contribution in [2.75, 3.05) is 0 Å². The molecular formula is C16H10F3N3O3. The van der Waals surface area contributed by atoms with Crippen molar-refractivity contribution in [1.82, 2.24) is 5.32 Å². The number of carbonyl (C=O) groups is 2. The summed E-state index contributed by atoms with van der Waals surface area (Å²) in [6.45, 7) is 0. The highest BCUT2D eigenvalue weighted by Crippen LogP contribution is 2.32. The maximum Gasteiger partial charge on any atom is 0.416 e. The number of carbonyl (C=O) groups excluding carboxylic acids is 2. The molecule has 2 aromatic rings. The van der Waals surface area contributed by atoms with Crippen molar-refractivity contribution < 1.29 is 27.2 Å². The van der Waals surface area contributed by atoms with Gasteiger partial charge in [-0.25, -0.2) is 4.79 Å². The summed E-state index contributed by atoms with van der Waals surface area (Å²) in [6, 6.07) is 7.69. The number of amides is 3. The molecule has 0 atom stereocenters. The van der Waals surface area contributed by atoms with Crippen molar-refractivity contribution >= 4 is 18.0 Å². The van der Waals surface area contributed by atoms with Gasteiger partial charge in [-0.05, 0) is 24.3 Å². The summed E-state index contributed by atoms with van der Waals surface area (Å²) in [7, 11) is 0. The van der Waals surface area contributed by atoms with E-state index in [-0.39, 0.29) is 17.1 Å². The summed E-state index contributed by atoms with van der Waals surface area (Å²) in [5.74, 6) is -0.861. The molecule has 1 aromatic heterocycles. The molecule has 0 radical (unpaired) electrons. The number of rotatable bonds is 3. The van der Waals surface area contributed by atoms with Crippen molar-refractivity contribution in [3.63, 3.8) is 0 Å². The fraction of sp³-hybridized carbons (Fsp3) is 0.0625. The van der Waals surface area contributed by atoms with E-state index >= 15 is 0 Å². The number of hydrogen-bond donors (Lipinski definition) is 2. The lowest BCUT2D eigenvalue weighted by Crippen LogP contribution is -2.35. The van der Waals surface area contributed by atoms with Gasteiger partial charge in [-0.3, -0.25) is 10.1 Å². The van der Waals surface area contributed by atoms with Gasteiger partial charge in [0.15, 0.2) is 0 Å². The number of urea groups is 1. The standard InChI is InChI=1S/C16H10F3N3O3/c17-16(18,19)11-3-1-2-9(6-11)13-5-4-12(25-13)7-10(8-20)14(23)22-15(21)24/h1-7H,(H3,21,22,23,24)/b10-7-. The minimum atomic E-state index is -4.49. The van der Waals surface area contributed by atoms with Crippen LogP contribution in [-0.2, 0) is 11.0 Å². The van der Waals surface area contributed by atoms with E-state index in [0.717, 1.165) is 18.2 Å². The Kier molecular flexibility index (Phi) is 4.93. The number of nitrogens with zero attached hydrogens (tertiary/aromatic N) is 1. The number of nitrogens with two attached hydrogens (primary N) is 1. The Labute approximate surface area is 139 Å². The maximum absolute atomic E-state index is 12.7. The third-order valence-corrected chi connectivity index (χ3v) is 2.99. The minimum Gasteiger partial charge on any atom is -0.457 e. The lowest BCUT2D eigenvalue weighted by Gasteiger charge is -2.07. The average Bonchev–Trinajstić information content (AvgIpc) is 3.00. The van der Waals surface area contributed by atoms with Gasteiger partial charge in [0.2, 0.25) is 0 Å². The van der Waals surface area contributed by atoms with Gasteiger partial charge in [0.25, 0.3) is 5.91 Å². The van der Waals surface area contributed by atoms with Crippen LogP contribution < -0.4 is 11.1 Å². The molecule has 0 aliphatic heterocycles. The van der Waals surface area contributed by atoms with Crippen LogP contribution in [0.5, 0.6) is 0 Å². The molecule has 0 saturated heterocycles. The molecule has 0 saturated carbocycles. The van der Waals surface area contributed by atoms with Crippen molar-refractivity contribution in [1.29, 1.82) is 5.26 Å². The first kappa shape index (κ1) is 17.8. The molecule has 0 aliphatic rings. The van der Waals surface area contributed by atoms with E-state index in [1.54, 1.807) is 11.4 Å². The van der Waals surface area contributed by atoms with E-state index in [4.69, 9.17) is 15.4 Å². The highest BCUT2D eigenvalue weighted by molar-refractivity contribution is 6.08. The Morgan fingerprint density at radius 3 is 2.56 bits per heavy atom. The number of primary amides is 1. The third kappa shape index (κ3) is 4.48. The van der Waals surface area contributed by atoms with Crippen molar-refractivity contribution in [3.8, 4) is 17.4 Å². The normalized spacial score (nSPS) is 11.7. The molecule has 1 aromatic carbocycles. The molecule has 6 nitrogen and oxygen atoms in total. The number of halogens is 3. The van der Waals surface area contributed by atoms with Gasteiger partial charge in [0.1, 0.15) is 23.2 Å². The molecule has 3 N–H and O–H groups in total. The fourth-order valence-corrected chi connectivity index (χ4v) is 1.90. The second kappa shape index (κ2) is 6.92. The number of nitrogens with one attached hydrogen (secondary N) is 1. The largest absolute Gasteiger partial charge is 0.457 e. The van der Waals surface area contributed by atoms with Crippen molar-refractivity contribution in [2.24, 2.45) is 5.73 Å². The lowest BCUT2D eigenvalue weighted by molar-refractivity contribution is -0.137. The van der Waals surface area contributed by atoms with Gasteiger partial charge in [0.05, 0.1) is 5.56 Å². The Morgan fingerprint density at radius 2 is 1.96 bits per heavy atom. The average molecular weight is 349 g/mol. The Bertz CT molecular complexity index is 892. The second-order valence-electron chi connectivity index (χ2n) is 4.77. The first-order valence-electron chi connectivity index (χ1n) is 6.71. The quantitative estimate of drug-likeness (QED) is 0.655. The van der Waals surface area contributed by atoms with E-state index in [0.29, 0.717) is 0 Å². The van der Waals surface area contributed by atoms with E-state index in [2.05, 4.69) is 0 Å². The van der Waals surface area contributed by atoms with Crippen molar-refractivity contribution in [2.45, 2.75) is 6.18 Å². The molecule has 0 fully saturated rings. The summed E-state index contributed by atoms with van der Waals surface area (Å²) in [4.78, 5) is 22.2. The van der Waals surface area contributed by atoms with E-state index < -0.39 is 29.3 Å². The highest BCUT2D eigenvalue weighted by Gasteiger charge is 2.30. The van der Waals surface area contributed by atoms with E-state index in [1.807, 2.05) is 0 Å². The Balaban J connectivity index is 2.31. The molecule has 0 spiro atoms. The number of alkyl halides is 3. The summed E-state index contributed by atoms with van der Waals surface area (Å²) < 4.78 is 43.6. The summed E-state index contributed by atoms with van der Waals surface area (Å²) in [5.41, 5.74) is 3.67. The van der Waals surface area contributed by atoms with Gasteiger partial charge >= 0.3 is 12.2 Å². The predicted molar refractivity (Wildman–Crippen MR) is 80.5 cm³/mol. The minimum absolute atomic E-state index is 0.0450. The third-order valence-electron chi connectivity index (χ3n) is 2.99. The van der Waals surface area contributed by atoms with E-state index in [9.17, 15) is 22.8 Å². The van der Waals surface area contributed by atoms with E-state index in [1.165, 1.54) is 24.3 Å². The predicted octanol–water partition coefficient (Wildman–Crippen LogP) is 3.07. The number of nitriles is 1.